The van der Waals surface area contributed by atoms with Crippen molar-refractivity contribution in [2.45, 2.75) is 64.0 Å². The van der Waals surface area contributed by atoms with Gasteiger partial charge in [-0.05, 0) is 42.2 Å². The van der Waals surface area contributed by atoms with Crippen molar-refractivity contribution in [2.75, 3.05) is 6.54 Å². The summed E-state index contributed by atoms with van der Waals surface area (Å²) < 4.78 is 15.6. The number of carbonyl (C=O) groups excluding carboxylic acids is 1. The van der Waals surface area contributed by atoms with E-state index in [9.17, 15) is 9.18 Å². The molecule has 5 heteroatoms. The number of imidazole rings is 1. The third kappa shape index (κ3) is 4.36. The molecule has 3 aromatic rings. The lowest BCUT2D eigenvalue weighted by atomic mass is 9.87. The molecule has 0 N–H and O–H groups in total. The van der Waals surface area contributed by atoms with Crippen molar-refractivity contribution >= 4 is 16.9 Å². The topological polar surface area (TPSA) is 38.1 Å². The van der Waals surface area contributed by atoms with Gasteiger partial charge >= 0.3 is 0 Å². The molecule has 1 saturated heterocycles. The first-order valence-corrected chi connectivity index (χ1v) is 11.6. The Kier molecular flexibility index (Phi) is 5.75. The van der Waals surface area contributed by atoms with Gasteiger partial charge in [-0.3, -0.25) is 4.79 Å². The van der Waals surface area contributed by atoms with Crippen molar-refractivity contribution < 1.29 is 9.18 Å². The Morgan fingerprint density at radius 2 is 1.77 bits per heavy atom. The van der Waals surface area contributed by atoms with Crippen molar-refractivity contribution in [3.05, 3.63) is 65.7 Å². The summed E-state index contributed by atoms with van der Waals surface area (Å²) in [6, 6.07) is 14.8. The van der Waals surface area contributed by atoms with Gasteiger partial charge in [-0.25, -0.2) is 9.37 Å². The predicted octanol–water partition coefficient (Wildman–Crippen LogP) is 5.66. The predicted molar refractivity (Wildman–Crippen MR) is 120 cm³/mol. The maximum atomic E-state index is 13.2. The molecule has 4 nitrogen and oxygen atoms in total. The number of rotatable bonds is 6. The molecule has 0 bridgehead atoms. The number of carbonyl (C=O) groups is 1. The van der Waals surface area contributed by atoms with Gasteiger partial charge in [-0.15, -0.1) is 0 Å². The minimum atomic E-state index is -0.249. The first kappa shape index (κ1) is 20.2. The van der Waals surface area contributed by atoms with Crippen LogP contribution in [0.25, 0.3) is 11.0 Å². The Balaban J connectivity index is 1.36. The lowest BCUT2D eigenvalue weighted by Crippen LogP contribution is -2.24. The van der Waals surface area contributed by atoms with Gasteiger partial charge in [0.1, 0.15) is 11.6 Å². The smallest absolute Gasteiger partial charge is 0.223 e. The van der Waals surface area contributed by atoms with E-state index in [0.29, 0.717) is 19.5 Å². The number of fused-ring (bicyclic) bond motifs is 1. The van der Waals surface area contributed by atoms with Gasteiger partial charge in [-0.1, -0.05) is 56.4 Å². The van der Waals surface area contributed by atoms with E-state index in [1.54, 1.807) is 12.1 Å². The second-order valence-electron chi connectivity index (χ2n) is 9.20. The molecule has 162 valence electrons. The quantitative estimate of drug-likeness (QED) is 0.517. The van der Waals surface area contributed by atoms with Gasteiger partial charge < -0.3 is 9.47 Å². The van der Waals surface area contributed by atoms with Gasteiger partial charge in [0.15, 0.2) is 0 Å². The maximum Gasteiger partial charge on any atom is 0.223 e. The second kappa shape index (κ2) is 8.81. The number of benzene rings is 2. The molecule has 2 fully saturated rings. The van der Waals surface area contributed by atoms with Crippen LogP contribution in [0.2, 0.25) is 0 Å². The van der Waals surface area contributed by atoms with Crippen LogP contribution in [-0.2, 0) is 17.9 Å². The molecular formula is C26H30FN3O. The summed E-state index contributed by atoms with van der Waals surface area (Å²) in [6.07, 6.45) is 8.46. The molecule has 0 spiro atoms. The number of para-hydroxylation sites is 2. The molecule has 1 aliphatic heterocycles. The number of hydrogen-bond donors (Lipinski definition) is 0. The molecule has 1 unspecified atom stereocenters. The molecule has 1 saturated carbocycles. The molecule has 0 radical (unpaired) electrons. The zero-order chi connectivity index (χ0) is 21.2. The van der Waals surface area contributed by atoms with Crippen LogP contribution < -0.4 is 0 Å². The average molecular weight is 420 g/mol. The molecule has 1 aromatic heterocycles. The zero-order valence-electron chi connectivity index (χ0n) is 18.0. The first-order valence-electron chi connectivity index (χ1n) is 11.6. The molecule has 31 heavy (non-hydrogen) atoms. The van der Waals surface area contributed by atoms with Crippen LogP contribution in [0.5, 0.6) is 0 Å². The lowest BCUT2D eigenvalue weighted by molar-refractivity contribution is -0.128. The average Bonchev–Trinajstić information content (AvgIpc) is 3.35. The van der Waals surface area contributed by atoms with Crippen LogP contribution >= 0.6 is 0 Å². The maximum absolute atomic E-state index is 13.2. The van der Waals surface area contributed by atoms with E-state index in [1.807, 2.05) is 11.0 Å². The third-order valence-corrected chi connectivity index (χ3v) is 7.04. The molecular weight excluding hydrogens is 389 g/mol. The fourth-order valence-corrected chi connectivity index (χ4v) is 5.34. The lowest BCUT2D eigenvalue weighted by Gasteiger charge is -2.23. The van der Waals surface area contributed by atoms with Gasteiger partial charge in [0.25, 0.3) is 0 Å². The van der Waals surface area contributed by atoms with E-state index < -0.39 is 0 Å². The summed E-state index contributed by atoms with van der Waals surface area (Å²) in [5.41, 5.74) is 3.16. The fraction of sp³-hybridized carbons (Fsp3) is 0.462. The largest absolute Gasteiger partial charge is 0.338 e. The number of nitrogens with zero attached hydrogens (tertiary/aromatic N) is 3. The van der Waals surface area contributed by atoms with Gasteiger partial charge in [0.2, 0.25) is 5.91 Å². The summed E-state index contributed by atoms with van der Waals surface area (Å²) in [5, 5.41) is 0. The summed E-state index contributed by atoms with van der Waals surface area (Å²) in [7, 11) is 0. The summed E-state index contributed by atoms with van der Waals surface area (Å²) >= 11 is 0. The highest BCUT2D eigenvalue weighted by Crippen LogP contribution is 2.33. The Morgan fingerprint density at radius 1 is 1.00 bits per heavy atom. The van der Waals surface area contributed by atoms with Crippen LogP contribution in [0.1, 0.15) is 62.3 Å². The minimum Gasteiger partial charge on any atom is -0.338 e. The standard InChI is InChI=1S/C26H30FN3O/c27-22-12-10-20(11-13-22)17-29-18-21(16-25(29)31)26-28-23-8-4-5-9-24(23)30(26)15-14-19-6-2-1-3-7-19/h4-5,8-13,19,21H,1-3,6-7,14-18H2. The fourth-order valence-electron chi connectivity index (χ4n) is 5.34. The number of halogens is 1. The first-order chi connectivity index (χ1) is 15.2. The zero-order valence-corrected chi connectivity index (χ0v) is 18.0. The molecule has 2 aromatic carbocycles. The van der Waals surface area contributed by atoms with E-state index in [0.717, 1.165) is 29.4 Å². The van der Waals surface area contributed by atoms with Crippen molar-refractivity contribution in [3.8, 4) is 0 Å². The highest BCUT2D eigenvalue weighted by molar-refractivity contribution is 5.81. The summed E-state index contributed by atoms with van der Waals surface area (Å²) in [6.45, 7) is 2.17. The minimum absolute atomic E-state index is 0.103. The molecule has 1 atom stereocenters. The Labute approximate surface area is 183 Å². The number of aryl methyl sites for hydroxylation is 1. The monoisotopic (exact) mass is 419 g/mol. The van der Waals surface area contributed by atoms with Crippen LogP contribution in [0, 0.1) is 11.7 Å². The number of amides is 1. The molecule has 1 aliphatic carbocycles. The number of hydrogen-bond acceptors (Lipinski definition) is 2. The molecule has 2 aliphatic rings. The van der Waals surface area contributed by atoms with E-state index in [-0.39, 0.29) is 17.6 Å². The Morgan fingerprint density at radius 3 is 2.58 bits per heavy atom. The highest BCUT2D eigenvalue weighted by atomic mass is 19.1. The van der Waals surface area contributed by atoms with Crippen LogP contribution in [0.3, 0.4) is 0 Å². The normalized spacial score (nSPS) is 20.1. The summed E-state index contributed by atoms with van der Waals surface area (Å²) in [4.78, 5) is 19.6. The van der Waals surface area contributed by atoms with Crippen molar-refractivity contribution in [2.24, 2.45) is 5.92 Å². The second-order valence-corrected chi connectivity index (χ2v) is 9.20. The van der Waals surface area contributed by atoms with E-state index in [4.69, 9.17) is 4.98 Å². The third-order valence-electron chi connectivity index (χ3n) is 7.04. The Hall–Kier alpha value is -2.69. The van der Waals surface area contributed by atoms with Gasteiger partial charge in [0.05, 0.1) is 11.0 Å². The molecule has 1 amide bonds. The Bertz CT molecular complexity index is 1050. The van der Waals surface area contributed by atoms with E-state index in [1.165, 1.54) is 56.2 Å². The van der Waals surface area contributed by atoms with Crippen molar-refractivity contribution in [3.63, 3.8) is 0 Å². The van der Waals surface area contributed by atoms with E-state index in [2.05, 4.69) is 22.8 Å². The van der Waals surface area contributed by atoms with Crippen LogP contribution in [0.15, 0.2) is 48.5 Å². The number of likely N-dealkylation sites (tertiary alicyclic amines) is 1. The SMILES string of the molecule is O=C1CC(c2nc3ccccc3n2CCC2CCCCC2)CN1Cc1ccc(F)cc1. The van der Waals surface area contributed by atoms with Crippen molar-refractivity contribution in [1.82, 2.24) is 14.5 Å². The van der Waals surface area contributed by atoms with Crippen LogP contribution in [-0.4, -0.2) is 26.9 Å². The summed E-state index contributed by atoms with van der Waals surface area (Å²) in [5.74, 6) is 1.86. The highest BCUT2D eigenvalue weighted by Gasteiger charge is 2.34. The van der Waals surface area contributed by atoms with Crippen LogP contribution in [0.4, 0.5) is 4.39 Å². The van der Waals surface area contributed by atoms with E-state index >= 15 is 0 Å². The van der Waals surface area contributed by atoms with Gasteiger partial charge in [-0.2, -0.15) is 0 Å². The van der Waals surface area contributed by atoms with Crippen molar-refractivity contribution in [1.29, 1.82) is 0 Å². The number of aromatic nitrogens is 2. The van der Waals surface area contributed by atoms with Gasteiger partial charge in [0, 0.05) is 32.0 Å². The molecule has 2 heterocycles. The molecule has 5 rings (SSSR count).